The van der Waals surface area contributed by atoms with Crippen LogP contribution in [0.15, 0.2) is 0 Å². The second-order valence-corrected chi connectivity index (χ2v) is 20.2. The van der Waals surface area contributed by atoms with E-state index in [0.29, 0.717) is 0 Å². The van der Waals surface area contributed by atoms with Gasteiger partial charge >= 0.3 is 69.0 Å². The molecule has 0 spiro atoms. The Morgan fingerprint density at radius 2 is 0.909 bits per heavy atom. The van der Waals surface area contributed by atoms with Crippen LogP contribution < -0.4 is 0 Å². The van der Waals surface area contributed by atoms with E-state index in [0.717, 1.165) is 0 Å². The molecule has 0 aromatic heterocycles. The molecule has 0 amide bonds. The van der Waals surface area contributed by atoms with Gasteiger partial charge in [0.15, 0.2) is 0 Å². The van der Waals surface area contributed by atoms with Crippen molar-refractivity contribution in [2.75, 3.05) is 0 Å². The van der Waals surface area contributed by atoms with Crippen LogP contribution in [0.4, 0.5) is 25.2 Å². The summed E-state index contributed by atoms with van der Waals surface area (Å²) in [5, 5.41) is 0. The van der Waals surface area contributed by atoms with Crippen molar-refractivity contribution in [2.24, 2.45) is 0 Å². The minimum absolute atomic E-state index is 0.720. The van der Waals surface area contributed by atoms with Crippen molar-refractivity contribution in [3.63, 3.8) is 0 Å². The molecule has 0 aliphatic carbocycles. The van der Waals surface area contributed by atoms with E-state index in [1.54, 1.807) is 0 Å². The molecule has 0 saturated heterocycles. The fourth-order valence-corrected chi connectivity index (χ4v) is 0. The first-order valence-corrected chi connectivity index (χ1v) is 17.5. The third kappa shape index (κ3) is 625. The monoisotopic (exact) mass is 329 g/mol. The molecule has 0 saturated carbocycles. The number of hydrogen-bond acceptors (Lipinski definition) is 0. The zero-order chi connectivity index (χ0) is 9.99. The van der Waals surface area contributed by atoms with Gasteiger partial charge < -0.3 is 0 Å². The summed E-state index contributed by atoms with van der Waals surface area (Å²) in [6, 6.07) is 0. The third-order valence-corrected chi connectivity index (χ3v) is 0. The van der Waals surface area contributed by atoms with Crippen molar-refractivity contribution in [1.29, 1.82) is 0 Å². The van der Waals surface area contributed by atoms with Crippen LogP contribution in [0.1, 0.15) is 0 Å². The van der Waals surface area contributed by atoms with E-state index in [-0.39, 0.29) is 0 Å². The maximum atomic E-state index is 9.87. The molecule has 0 nitrogen and oxygen atoms in total. The predicted octanol–water partition coefficient (Wildman–Crippen LogP) is 4.23. The summed E-state index contributed by atoms with van der Waals surface area (Å²) >= 11 is -0.720. The summed E-state index contributed by atoms with van der Waals surface area (Å²) in [5.74, 6) is 0. The number of hydrogen-bond donors (Lipinski definition) is 0. The zero-order valence-electron chi connectivity index (χ0n) is 5.87. The topological polar surface area (TPSA) is 0 Å². The molecule has 1 unspecified atom stereocenters. The Bertz CT molecular complexity index is 105. The number of halogens is 6. The quantitative estimate of drug-likeness (QED) is 0.355. The first kappa shape index (κ1) is 14.7. The first-order chi connectivity index (χ1) is 4.18. The van der Waals surface area contributed by atoms with Gasteiger partial charge in [-0.1, -0.05) is 0 Å². The molecule has 0 aliphatic rings. The molecule has 11 heavy (non-hydrogen) atoms. The Kier molecular flexibility index (Phi) is 4.27. The molecule has 9 heteroatoms. The van der Waals surface area contributed by atoms with Gasteiger partial charge in [-0.3, -0.25) is 0 Å². The number of rotatable bonds is 0. The van der Waals surface area contributed by atoms with Crippen molar-refractivity contribution < 1.29 is 25.2 Å². The van der Waals surface area contributed by atoms with Crippen molar-refractivity contribution in [2.45, 2.75) is 9.88 Å². The fourth-order valence-electron chi connectivity index (χ4n) is 0. The molecule has 0 N–H and O–H groups in total. The zero-order valence-corrected chi connectivity index (χ0v) is 11.2. The van der Waals surface area contributed by atoms with E-state index in [2.05, 4.69) is 16.8 Å². The van der Waals surface area contributed by atoms with Gasteiger partial charge in [-0.25, -0.2) is 0 Å². The molecule has 0 bridgehead atoms. The Balaban J connectivity index is 0. The fraction of sp³-hybridized carbons (Fsp3) is 1.00. The van der Waals surface area contributed by atoms with E-state index in [9.17, 15) is 25.2 Å². The molecule has 0 rings (SSSR count). The van der Waals surface area contributed by atoms with Crippen LogP contribution in [0.2, 0.25) is 9.88 Å². The third-order valence-electron chi connectivity index (χ3n) is 0. The van der Waals surface area contributed by atoms with Crippen LogP contribution in [0, 0.1) is 0 Å². The van der Waals surface area contributed by atoms with E-state index >= 15 is 0 Å². The molecule has 0 heterocycles. The molecule has 0 aliphatic heterocycles. The molecule has 0 aromatic carbocycles. The molecule has 0 aromatic rings. The van der Waals surface area contributed by atoms with Crippen molar-refractivity contribution in [3.8, 4) is 0 Å². The average molecular weight is 328 g/mol. The molecule has 0 fully saturated rings. The second-order valence-electron chi connectivity index (χ2n) is 2.20. The second kappa shape index (κ2) is 3.18. The van der Waals surface area contributed by atoms with Gasteiger partial charge in [0.1, 0.15) is 0 Å². The first-order valence-electron chi connectivity index (χ1n) is 2.50. The molecule has 0 radical (unpaired) electrons. The molecule has 74 valence electrons. The van der Waals surface area contributed by atoms with Crippen LogP contribution >= 0.6 is 14.7 Å². The molecule has 1 atom stereocenters. The van der Waals surface area contributed by atoms with E-state index in [1.807, 2.05) is 0 Å². The van der Waals surface area contributed by atoms with Gasteiger partial charge in [-0.2, -0.15) is 0 Å². The van der Waals surface area contributed by atoms with Crippen LogP contribution in [0.3, 0.4) is 0 Å². The van der Waals surface area contributed by atoms with Crippen molar-refractivity contribution >= 4 is 33.9 Å². The predicted molar refractivity (Wildman–Crippen MR) is 42.2 cm³/mol. The average Bonchev–Trinajstić information content (AvgIpc) is 1.11. The van der Waals surface area contributed by atoms with E-state index in [4.69, 9.17) is 0 Å². The Labute approximate surface area is 69.3 Å². The Morgan fingerprint density at radius 3 is 0.909 bits per heavy atom. The SMILES string of the molecule is F[P-](F)(F)(F)(F)F.[CH3][SnH]([CH3])[PH2]. The maximum absolute atomic E-state index is 10.7. The summed E-state index contributed by atoms with van der Waals surface area (Å²) in [4.78, 5) is 4.68. The van der Waals surface area contributed by atoms with Crippen LogP contribution in [-0.4, -0.2) is 19.2 Å². The summed E-state index contributed by atoms with van der Waals surface area (Å²) in [6.07, 6.45) is 0. The van der Waals surface area contributed by atoms with Crippen LogP contribution in [-0.2, 0) is 0 Å². The standard InChI is InChI=1S/2CH3.F6P.H2P.Sn.H/c;;1-7(2,3,4,5)6;;;/h2*1H3;;1H2;;/q;;2*-1;+1;. The van der Waals surface area contributed by atoms with E-state index in [1.165, 1.54) is 0 Å². The van der Waals surface area contributed by atoms with Crippen LogP contribution in [0.5, 0.6) is 0 Å². The summed E-state index contributed by atoms with van der Waals surface area (Å²) in [6.45, 7) is 2.87. The van der Waals surface area contributed by atoms with Crippen molar-refractivity contribution in [1.82, 2.24) is 0 Å². The Morgan fingerprint density at radius 1 is 0.909 bits per heavy atom. The van der Waals surface area contributed by atoms with Gasteiger partial charge in [0.2, 0.25) is 0 Å². The molecular formula is C2H9F6P2Sn-. The van der Waals surface area contributed by atoms with Crippen molar-refractivity contribution in [3.05, 3.63) is 0 Å². The van der Waals surface area contributed by atoms with Gasteiger partial charge in [-0.15, -0.1) is 0 Å². The van der Waals surface area contributed by atoms with Gasteiger partial charge in [0.05, 0.1) is 0 Å². The molecular weight excluding hydrogens is 319 g/mol. The van der Waals surface area contributed by atoms with Gasteiger partial charge in [0, 0.05) is 0 Å². The normalized spacial score (nSPS) is 18.0. The van der Waals surface area contributed by atoms with Gasteiger partial charge in [0.25, 0.3) is 0 Å². The van der Waals surface area contributed by atoms with E-state index < -0.39 is 27.0 Å². The summed E-state index contributed by atoms with van der Waals surface area (Å²) in [5.41, 5.74) is 0. The summed E-state index contributed by atoms with van der Waals surface area (Å²) < 4.78 is 59.2. The summed E-state index contributed by atoms with van der Waals surface area (Å²) in [7, 11) is -10.7. The van der Waals surface area contributed by atoms with Gasteiger partial charge in [-0.05, 0) is 0 Å². The minimum atomic E-state index is -10.7. The van der Waals surface area contributed by atoms with Crippen LogP contribution in [0.25, 0.3) is 0 Å². The Hall–Kier alpha value is 1.24.